The predicted molar refractivity (Wildman–Crippen MR) is 47.7 cm³/mol. The molecule has 88 valence electrons. The molecule has 2 heterocycles. The average molecular weight is 232 g/mol. The van der Waals surface area contributed by atoms with Crippen molar-refractivity contribution in [3.63, 3.8) is 0 Å². The summed E-state index contributed by atoms with van der Waals surface area (Å²) in [6.07, 6.45) is -1.82. The molecule has 0 bridgehead atoms. The van der Waals surface area contributed by atoms with Gasteiger partial charge in [0.25, 0.3) is 11.9 Å². The lowest BCUT2D eigenvalue weighted by atomic mass is 9.91. The molecule has 1 spiro atoms. The Morgan fingerprint density at radius 1 is 1.50 bits per heavy atom. The van der Waals surface area contributed by atoms with E-state index in [2.05, 4.69) is 10.6 Å². The lowest BCUT2D eigenvalue weighted by Crippen LogP contribution is -2.72. The van der Waals surface area contributed by atoms with E-state index in [0.717, 1.165) is 0 Å². The summed E-state index contributed by atoms with van der Waals surface area (Å²) < 4.78 is 13.0. The molecular weight excluding hydrogens is 223 g/mol. The highest BCUT2D eigenvalue weighted by Gasteiger charge is 2.61. The van der Waals surface area contributed by atoms with E-state index in [0.29, 0.717) is 0 Å². The number of piperidine rings is 1. The summed E-state index contributed by atoms with van der Waals surface area (Å²) in [4.78, 5) is 32.5. The van der Waals surface area contributed by atoms with Crippen molar-refractivity contribution < 1.29 is 18.9 Å². The van der Waals surface area contributed by atoms with Crippen LogP contribution in [-0.4, -0.2) is 41.3 Å². The first-order valence-electron chi connectivity index (χ1n) is 4.62. The zero-order valence-corrected chi connectivity index (χ0v) is 8.03. The van der Waals surface area contributed by atoms with Crippen LogP contribution in [0.4, 0.5) is 9.18 Å². The first-order valence-corrected chi connectivity index (χ1v) is 4.62. The normalized spacial score (nSPS) is 38.3. The van der Waals surface area contributed by atoms with Crippen molar-refractivity contribution in [3.8, 4) is 0 Å². The van der Waals surface area contributed by atoms with Crippen molar-refractivity contribution in [2.75, 3.05) is 6.54 Å². The summed E-state index contributed by atoms with van der Waals surface area (Å²) in [5, 5.41) is 17.2. The minimum Gasteiger partial charge on any atom is -0.306 e. The topological polar surface area (TPSA) is 113 Å². The van der Waals surface area contributed by atoms with Crippen LogP contribution in [0.5, 0.6) is 0 Å². The maximum atomic E-state index is 13.0. The van der Waals surface area contributed by atoms with Gasteiger partial charge in [0.1, 0.15) is 6.17 Å². The number of urea groups is 1. The van der Waals surface area contributed by atoms with Gasteiger partial charge in [-0.2, -0.15) is 0 Å². The Bertz CT molecular complexity index is 375. The molecule has 0 radical (unpaired) electrons. The van der Waals surface area contributed by atoms with E-state index in [4.69, 9.17) is 0 Å². The van der Waals surface area contributed by atoms with Gasteiger partial charge in [0, 0.05) is 11.5 Å². The summed E-state index contributed by atoms with van der Waals surface area (Å²) in [5.41, 5.74) is -1.82. The standard InChI is InChI=1S/C7H9FN4O4/c8-3-1-4(12(15)16)7(9-2-3)5(13)10-6(14)11-7/h3-4,9H,1-2H2,(H2,10,11,13,14)/t3?,4?,7-/m0/s1. The summed E-state index contributed by atoms with van der Waals surface area (Å²) in [6, 6.07) is -2.33. The zero-order chi connectivity index (χ0) is 11.9. The number of amides is 3. The molecule has 2 fully saturated rings. The van der Waals surface area contributed by atoms with Crippen LogP contribution >= 0.6 is 0 Å². The van der Waals surface area contributed by atoms with Crippen molar-refractivity contribution in [2.45, 2.75) is 24.3 Å². The van der Waals surface area contributed by atoms with Crippen LogP contribution in [0.25, 0.3) is 0 Å². The number of carbonyl (C=O) groups excluding carboxylic acids is 2. The predicted octanol–water partition coefficient (Wildman–Crippen LogP) is -1.50. The monoisotopic (exact) mass is 232 g/mol. The van der Waals surface area contributed by atoms with Crippen LogP contribution in [0.1, 0.15) is 6.42 Å². The van der Waals surface area contributed by atoms with Gasteiger partial charge >= 0.3 is 6.03 Å². The van der Waals surface area contributed by atoms with Crippen LogP contribution in [0.15, 0.2) is 0 Å². The Balaban J connectivity index is 2.34. The van der Waals surface area contributed by atoms with Gasteiger partial charge in [0.15, 0.2) is 0 Å². The molecule has 0 aromatic carbocycles. The zero-order valence-electron chi connectivity index (χ0n) is 8.03. The Hall–Kier alpha value is -1.77. The molecule has 2 rings (SSSR count). The number of hydrogen-bond donors (Lipinski definition) is 3. The third-order valence-electron chi connectivity index (χ3n) is 2.73. The quantitative estimate of drug-likeness (QED) is 0.289. The van der Waals surface area contributed by atoms with Gasteiger partial charge in [0.05, 0.1) is 6.42 Å². The second-order valence-corrected chi connectivity index (χ2v) is 3.73. The van der Waals surface area contributed by atoms with Gasteiger partial charge in [0.2, 0.25) is 5.66 Å². The minimum absolute atomic E-state index is 0.210. The molecule has 9 heteroatoms. The number of rotatable bonds is 1. The molecule has 0 saturated carbocycles. The Morgan fingerprint density at radius 3 is 2.69 bits per heavy atom. The van der Waals surface area contributed by atoms with Gasteiger partial charge in [-0.05, 0) is 0 Å². The number of imide groups is 1. The second-order valence-electron chi connectivity index (χ2n) is 3.73. The molecule has 0 aromatic heterocycles. The number of hydrogen-bond acceptors (Lipinski definition) is 5. The van der Waals surface area contributed by atoms with E-state index >= 15 is 0 Å². The van der Waals surface area contributed by atoms with Crippen LogP contribution in [0, 0.1) is 10.1 Å². The third-order valence-corrected chi connectivity index (χ3v) is 2.73. The molecule has 2 unspecified atom stereocenters. The fourth-order valence-corrected chi connectivity index (χ4v) is 1.96. The molecule has 3 N–H and O–H groups in total. The Kier molecular flexibility index (Phi) is 2.26. The van der Waals surface area contributed by atoms with Crippen LogP contribution in [0.3, 0.4) is 0 Å². The minimum atomic E-state index is -1.82. The second kappa shape index (κ2) is 3.37. The summed E-state index contributed by atoms with van der Waals surface area (Å²) in [7, 11) is 0. The van der Waals surface area contributed by atoms with Crippen molar-refractivity contribution in [3.05, 3.63) is 10.1 Å². The first-order chi connectivity index (χ1) is 7.45. The number of nitro groups is 1. The molecule has 8 nitrogen and oxygen atoms in total. The summed E-state index contributed by atoms with van der Waals surface area (Å²) >= 11 is 0. The Labute approximate surface area is 88.7 Å². The van der Waals surface area contributed by atoms with Gasteiger partial charge < -0.3 is 5.32 Å². The highest BCUT2D eigenvalue weighted by Crippen LogP contribution is 2.24. The molecule has 3 amide bonds. The van der Waals surface area contributed by atoms with Crippen molar-refractivity contribution in [1.29, 1.82) is 0 Å². The van der Waals surface area contributed by atoms with Crippen molar-refractivity contribution >= 4 is 11.9 Å². The summed E-state index contributed by atoms with van der Waals surface area (Å²) in [5.74, 6) is -0.842. The maximum Gasteiger partial charge on any atom is 0.323 e. The van der Waals surface area contributed by atoms with Crippen LogP contribution in [-0.2, 0) is 4.79 Å². The molecule has 0 aliphatic carbocycles. The van der Waals surface area contributed by atoms with Crippen molar-refractivity contribution in [1.82, 2.24) is 16.0 Å². The van der Waals surface area contributed by atoms with E-state index in [1.54, 1.807) is 0 Å². The molecular formula is C7H9FN4O4. The number of halogens is 1. The Morgan fingerprint density at radius 2 is 2.19 bits per heavy atom. The smallest absolute Gasteiger partial charge is 0.306 e. The summed E-state index contributed by atoms with van der Waals surface area (Å²) in [6.45, 7) is -0.210. The fourth-order valence-electron chi connectivity index (χ4n) is 1.96. The molecule has 3 atom stereocenters. The molecule has 2 aliphatic rings. The number of carbonyl (C=O) groups is 2. The average Bonchev–Trinajstić information content (AvgIpc) is 2.46. The largest absolute Gasteiger partial charge is 0.323 e. The highest BCUT2D eigenvalue weighted by atomic mass is 19.1. The lowest BCUT2D eigenvalue weighted by molar-refractivity contribution is -0.537. The van der Waals surface area contributed by atoms with Crippen LogP contribution in [0.2, 0.25) is 0 Å². The van der Waals surface area contributed by atoms with Gasteiger partial charge in [-0.15, -0.1) is 0 Å². The van der Waals surface area contributed by atoms with E-state index in [9.17, 15) is 24.1 Å². The van der Waals surface area contributed by atoms with E-state index in [1.807, 2.05) is 5.32 Å². The maximum absolute atomic E-state index is 13.0. The van der Waals surface area contributed by atoms with Gasteiger partial charge in [-0.3, -0.25) is 25.5 Å². The number of alkyl halides is 1. The van der Waals surface area contributed by atoms with Gasteiger partial charge in [-0.25, -0.2) is 9.18 Å². The fraction of sp³-hybridized carbons (Fsp3) is 0.714. The molecule has 0 aromatic rings. The van der Waals surface area contributed by atoms with Crippen LogP contribution < -0.4 is 16.0 Å². The lowest BCUT2D eigenvalue weighted by Gasteiger charge is -2.34. The van der Waals surface area contributed by atoms with Gasteiger partial charge in [-0.1, -0.05) is 0 Å². The van der Waals surface area contributed by atoms with E-state index in [-0.39, 0.29) is 6.54 Å². The number of nitrogens with one attached hydrogen (secondary N) is 3. The van der Waals surface area contributed by atoms with E-state index < -0.39 is 41.2 Å². The highest BCUT2D eigenvalue weighted by molar-refractivity contribution is 6.07. The van der Waals surface area contributed by atoms with Crippen molar-refractivity contribution in [2.24, 2.45) is 0 Å². The molecule has 2 saturated heterocycles. The number of nitrogens with zero attached hydrogens (tertiary/aromatic N) is 1. The molecule has 2 aliphatic heterocycles. The SMILES string of the molecule is O=C1NC(=O)[C@@]2(NCC(F)CC2[N+](=O)[O-])N1. The first kappa shape index (κ1) is 10.7. The van der Waals surface area contributed by atoms with E-state index in [1.165, 1.54) is 0 Å². The molecule has 16 heavy (non-hydrogen) atoms. The third kappa shape index (κ3) is 1.40.